The second kappa shape index (κ2) is 9.83. The summed E-state index contributed by atoms with van der Waals surface area (Å²) in [6.45, 7) is 5.74. The van der Waals surface area contributed by atoms with Crippen molar-refractivity contribution in [3.05, 3.63) is 59.7 Å². The molecule has 2 amide bonds. The van der Waals surface area contributed by atoms with E-state index in [0.29, 0.717) is 26.3 Å². The lowest BCUT2D eigenvalue weighted by molar-refractivity contribution is -0.141. The molecule has 0 radical (unpaired) electrons. The molecule has 0 aromatic heterocycles. The highest BCUT2D eigenvalue weighted by molar-refractivity contribution is 5.81. The van der Waals surface area contributed by atoms with Crippen molar-refractivity contribution in [3.63, 3.8) is 0 Å². The summed E-state index contributed by atoms with van der Waals surface area (Å²) >= 11 is 0. The molecule has 5 rings (SSSR count). The van der Waals surface area contributed by atoms with Gasteiger partial charge in [0, 0.05) is 51.7 Å². The SMILES string of the molecule is O=C(Cc1ccccc1)N1CCC(C(=O)N2CCN(Cc3ccc4c(c3)OCO4)CC2)CC1. The molecule has 33 heavy (non-hydrogen) atoms. The van der Waals surface area contributed by atoms with E-state index < -0.39 is 0 Å². The van der Waals surface area contributed by atoms with Gasteiger partial charge in [-0.05, 0) is 36.1 Å². The fourth-order valence-electron chi connectivity index (χ4n) is 4.94. The van der Waals surface area contributed by atoms with Gasteiger partial charge in [-0.1, -0.05) is 36.4 Å². The number of piperazine rings is 1. The van der Waals surface area contributed by atoms with Crippen molar-refractivity contribution >= 4 is 11.8 Å². The molecule has 7 nitrogen and oxygen atoms in total. The lowest BCUT2D eigenvalue weighted by atomic mass is 9.94. The second-order valence-electron chi connectivity index (χ2n) is 9.11. The predicted octanol–water partition coefficient (Wildman–Crippen LogP) is 2.54. The van der Waals surface area contributed by atoms with Gasteiger partial charge in [-0.25, -0.2) is 0 Å². The van der Waals surface area contributed by atoms with E-state index in [2.05, 4.69) is 11.0 Å². The molecule has 0 aliphatic carbocycles. The van der Waals surface area contributed by atoms with Gasteiger partial charge in [-0.15, -0.1) is 0 Å². The molecular formula is C26H31N3O4. The van der Waals surface area contributed by atoms with Crippen LogP contribution in [0, 0.1) is 5.92 Å². The Hall–Kier alpha value is -3.06. The molecule has 7 heteroatoms. The minimum Gasteiger partial charge on any atom is -0.454 e. The molecule has 0 saturated carbocycles. The summed E-state index contributed by atoms with van der Waals surface area (Å²) in [6, 6.07) is 16.0. The van der Waals surface area contributed by atoms with E-state index in [0.717, 1.165) is 62.6 Å². The van der Waals surface area contributed by atoms with Crippen molar-refractivity contribution in [1.82, 2.24) is 14.7 Å². The molecule has 2 saturated heterocycles. The van der Waals surface area contributed by atoms with Gasteiger partial charge in [0.05, 0.1) is 6.42 Å². The van der Waals surface area contributed by atoms with Crippen molar-refractivity contribution in [2.24, 2.45) is 5.92 Å². The standard InChI is InChI=1S/C26H31N3O4/c30-25(17-20-4-2-1-3-5-20)28-10-8-22(9-11-28)26(31)29-14-12-27(13-15-29)18-21-6-7-23-24(16-21)33-19-32-23/h1-7,16,22H,8-15,17-19H2. The van der Waals surface area contributed by atoms with Crippen LogP contribution in [0.1, 0.15) is 24.0 Å². The van der Waals surface area contributed by atoms with Crippen LogP contribution in [0.3, 0.4) is 0 Å². The van der Waals surface area contributed by atoms with E-state index in [9.17, 15) is 9.59 Å². The highest BCUT2D eigenvalue weighted by Crippen LogP contribution is 2.33. The third-order valence-corrected chi connectivity index (χ3v) is 6.92. The Kier molecular flexibility index (Phi) is 6.48. The number of likely N-dealkylation sites (tertiary alicyclic amines) is 1. The average molecular weight is 450 g/mol. The number of nitrogens with zero attached hydrogens (tertiary/aromatic N) is 3. The number of rotatable bonds is 5. The summed E-state index contributed by atoms with van der Waals surface area (Å²) in [4.78, 5) is 32.0. The van der Waals surface area contributed by atoms with Gasteiger partial charge in [-0.2, -0.15) is 0 Å². The van der Waals surface area contributed by atoms with E-state index in [1.807, 2.05) is 52.3 Å². The molecule has 2 aromatic rings. The monoisotopic (exact) mass is 449 g/mol. The molecule has 3 aliphatic rings. The zero-order valence-corrected chi connectivity index (χ0v) is 18.9. The van der Waals surface area contributed by atoms with Crippen LogP contribution >= 0.6 is 0 Å². The molecule has 174 valence electrons. The Morgan fingerprint density at radius 2 is 1.52 bits per heavy atom. The quantitative estimate of drug-likeness (QED) is 0.702. The van der Waals surface area contributed by atoms with E-state index in [4.69, 9.17) is 9.47 Å². The zero-order valence-electron chi connectivity index (χ0n) is 18.9. The molecule has 3 heterocycles. The number of hydrogen-bond donors (Lipinski definition) is 0. The molecule has 0 N–H and O–H groups in total. The van der Waals surface area contributed by atoms with Crippen LogP contribution in [0.2, 0.25) is 0 Å². The fourth-order valence-corrected chi connectivity index (χ4v) is 4.94. The first-order valence-corrected chi connectivity index (χ1v) is 11.9. The first-order chi connectivity index (χ1) is 16.2. The Bertz CT molecular complexity index is 980. The number of benzene rings is 2. The number of fused-ring (bicyclic) bond motifs is 1. The minimum absolute atomic E-state index is 0.0335. The van der Waals surface area contributed by atoms with Crippen LogP contribution in [-0.4, -0.2) is 72.6 Å². The molecule has 0 atom stereocenters. The summed E-state index contributed by atoms with van der Waals surface area (Å²) in [5.74, 6) is 2.07. The zero-order chi connectivity index (χ0) is 22.6. The third-order valence-electron chi connectivity index (χ3n) is 6.92. The predicted molar refractivity (Wildman–Crippen MR) is 124 cm³/mol. The van der Waals surface area contributed by atoms with Crippen molar-refractivity contribution in [2.45, 2.75) is 25.8 Å². The van der Waals surface area contributed by atoms with E-state index in [1.165, 1.54) is 5.56 Å². The number of carbonyl (C=O) groups excluding carboxylic acids is 2. The normalized spacial score (nSPS) is 19.0. The van der Waals surface area contributed by atoms with Crippen LogP contribution in [0.25, 0.3) is 0 Å². The van der Waals surface area contributed by atoms with Crippen molar-refractivity contribution < 1.29 is 19.1 Å². The van der Waals surface area contributed by atoms with Crippen LogP contribution in [0.15, 0.2) is 48.5 Å². The highest BCUT2D eigenvalue weighted by atomic mass is 16.7. The number of piperidine rings is 1. The Balaban J connectivity index is 1.06. The summed E-state index contributed by atoms with van der Waals surface area (Å²) < 4.78 is 10.9. The van der Waals surface area contributed by atoms with E-state index >= 15 is 0 Å². The summed E-state index contributed by atoms with van der Waals surface area (Å²) in [7, 11) is 0. The number of carbonyl (C=O) groups is 2. The largest absolute Gasteiger partial charge is 0.454 e. The van der Waals surface area contributed by atoms with Gasteiger partial charge in [0.1, 0.15) is 0 Å². The summed E-state index contributed by atoms with van der Waals surface area (Å²) in [5.41, 5.74) is 2.24. The van der Waals surface area contributed by atoms with E-state index in [-0.39, 0.29) is 17.7 Å². The van der Waals surface area contributed by atoms with Gasteiger partial charge in [0.2, 0.25) is 18.6 Å². The second-order valence-corrected chi connectivity index (χ2v) is 9.11. The van der Waals surface area contributed by atoms with Gasteiger partial charge < -0.3 is 19.3 Å². The summed E-state index contributed by atoms with van der Waals surface area (Å²) in [5, 5.41) is 0. The van der Waals surface area contributed by atoms with E-state index in [1.54, 1.807) is 0 Å². The Morgan fingerprint density at radius 1 is 0.788 bits per heavy atom. The van der Waals surface area contributed by atoms with Crippen LogP contribution in [-0.2, 0) is 22.6 Å². The topological polar surface area (TPSA) is 62.3 Å². The number of hydrogen-bond acceptors (Lipinski definition) is 5. The van der Waals surface area contributed by atoms with Gasteiger partial charge >= 0.3 is 0 Å². The molecule has 2 aromatic carbocycles. The minimum atomic E-state index is 0.0335. The number of amides is 2. The van der Waals surface area contributed by atoms with Crippen LogP contribution in [0.5, 0.6) is 11.5 Å². The van der Waals surface area contributed by atoms with Gasteiger partial charge in [0.25, 0.3) is 0 Å². The fraction of sp³-hybridized carbons (Fsp3) is 0.462. The highest BCUT2D eigenvalue weighted by Gasteiger charge is 2.31. The third kappa shape index (κ3) is 5.14. The van der Waals surface area contributed by atoms with Crippen LogP contribution in [0.4, 0.5) is 0 Å². The number of ether oxygens (including phenoxy) is 2. The lowest BCUT2D eigenvalue weighted by Crippen LogP contribution is -2.51. The first-order valence-electron chi connectivity index (χ1n) is 11.9. The smallest absolute Gasteiger partial charge is 0.231 e. The maximum absolute atomic E-state index is 13.1. The first kappa shape index (κ1) is 21.8. The molecule has 3 aliphatic heterocycles. The molecule has 2 fully saturated rings. The molecule has 0 unspecified atom stereocenters. The lowest BCUT2D eigenvalue weighted by Gasteiger charge is -2.38. The maximum Gasteiger partial charge on any atom is 0.231 e. The van der Waals surface area contributed by atoms with Crippen molar-refractivity contribution in [3.8, 4) is 11.5 Å². The van der Waals surface area contributed by atoms with Gasteiger partial charge in [-0.3, -0.25) is 14.5 Å². The van der Waals surface area contributed by atoms with Crippen molar-refractivity contribution in [1.29, 1.82) is 0 Å². The summed E-state index contributed by atoms with van der Waals surface area (Å²) in [6.07, 6.45) is 1.96. The van der Waals surface area contributed by atoms with Crippen LogP contribution < -0.4 is 9.47 Å². The Morgan fingerprint density at radius 3 is 2.27 bits per heavy atom. The maximum atomic E-state index is 13.1. The van der Waals surface area contributed by atoms with Crippen molar-refractivity contribution in [2.75, 3.05) is 46.1 Å². The molecule has 0 spiro atoms. The average Bonchev–Trinajstić information content (AvgIpc) is 3.33. The van der Waals surface area contributed by atoms with Gasteiger partial charge in [0.15, 0.2) is 11.5 Å². The molecule has 0 bridgehead atoms. The molecular weight excluding hydrogens is 418 g/mol. The Labute approximate surface area is 194 Å².